The number of halogens is 2. The molecule has 0 fully saturated rings. The van der Waals surface area contributed by atoms with Crippen molar-refractivity contribution in [3.63, 3.8) is 0 Å². The Hall–Kier alpha value is -2.31. The van der Waals surface area contributed by atoms with Crippen molar-refractivity contribution in [1.29, 1.82) is 0 Å². The quantitative estimate of drug-likeness (QED) is 0.644. The first-order valence-electron chi connectivity index (χ1n) is 7.73. The fourth-order valence-electron chi connectivity index (χ4n) is 3.03. The van der Waals surface area contributed by atoms with Gasteiger partial charge in [-0.1, -0.05) is 11.6 Å². The zero-order chi connectivity index (χ0) is 19.0. The predicted molar refractivity (Wildman–Crippen MR) is 103 cm³/mol. The molecule has 0 aliphatic rings. The smallest absolute Gasteiger partial charge is 0.307 e. The number of nitrogens with zero attached hydrogens (tertiary/aromatic N) is 1. The predicted octanol–water partition coefficient (Wildman–Crippen LogP) is 4.69. The van der Waals surface area contributed by atoms with Crippen molar-refractivity contribution in [2.24, 2.45) is 0 Å². The van der Waals surface area contributed by atoms with E-state index in [1.54, 1.807) is 43.3 Å². The van der Waals surface area contributed by atoms with Crippen molar-refractivity contribution in [3.05, 3.63) is 62.7 Å². The molecular weight excluding hydrogens is 422 g/mol. The number of aromatic nitrogens is 1. The van der Waals surface area contributed by atoms with E-state index in [0.717, 1.165) is 0 Å². The lowest BCUT2D eigenvalue weighted by Gasteiger charge is -2.08. The molecule has 0 saturated carbocycles. The number of ether oxygens (including phenoxy) is 1. The van der Waals surface area contributed by atoms with E-state index in [1.807, 2.05) is 0 Å². The molecule has 1 aromatic heterocycles. The maximum atomic E-state index is 13.1. The fraction of sp³-hybridized carbons (Fsp3) is 0.158. The van der Waals surface area contributed by atoms with Crippen LogP contribution in [0.3, 0.4) is 0 Å². The molecule has 0 bridgehead atoms. The van der Waals surface area contributed by atoms with Crippen molar-refractivity contribution in [2.45, 2.75) is 13.3 Å². The van der Waals surface area contributed by atoms with Gasteiger partial charge in [0.15, 0.2) is 0 Å². The fourth-order valence-corrected chi connectivity index (χ4v) is 3.89. The van der Waals surface area contributed by atoms with E-state index in [0.29, 0.717) is 43.0 Å². The topological polar surface area (TPSA) is 68.5 Å². The highest BCUT2D eigenvalue weighted by Gasteiger charge is 2.24. The summed E-state index contributed by atoms with van der Waals surface area (Å²) in [6, 6.07) is 10.1. The summed E-state index contributed by atoms with van der Waals surface area (Å²) >= 11 is 9.39. The van der Waals surface area contributed by atoms with Crippen LogP contribution in [0.25, 0.3) is 10.9 Å². The Labute approximate surface area is 163 Å². The Bertz CT molecular complexity index is 1020. The van der Waals surface area contributed by atoms with E-state index in [4.69, 9.17) is 16.3 Å². The van der Waals surface area contributed by atoms with Gasteiger partial charge in [-0.2, -0.15) is 0 Å². The SMILES string of the molecule is COc1ccc2c(c1Br)c(CC(=O)O)c(C)n2C(=O)c1ccc(Cl)cc1. The van der Waals surface area contributed by atoms with Crippen molar-refractivity contribution in [2.75, 3.05) is 7.11 Å². The second-order valence-corrected chi connectivity index (χ2v) is 6.99. The minimum Gasteiger partial charge on any atom is -0.496 e. The molecule has 1 heterocycles. The molecule has 0 amide bonds. The van der Waals surface area contributed by atoms with Gasteiger partial charge in [-0.3, -0.25) is 14.2 Å². The van der Waals surface area contributed by atoms with Gasteiger partial charge in [0.05, 0.1) is 23.5 Å². The van der Waals surface area contributed by atoms with Gasteiger partial charge in [0, 0.05) is 21.7 Å². The molecule has 0 radical (unpaired) electrons. The van der Waals surface area contributed by atoms with Crippen molar-refractivity contribution < 1.29 is 19.4 Å². The third-order valence-corrected chi connectivity index (χ3v) is 5.28. The number of carbonyl (C=O) groups excluding carboxylic acids is 1. The minimum absolute atomic E-state index is 0.199. The van der Waals surface area contributed by atoms with Crippen LogP contribution in [0.15, 0.2) is 40.9 Å². The monoisotopic (exact) mass is 435 g/mol. The molecule has 7 heteroatoms. The van der Waals surface area contributed by atoms with Gasteiger partial charge in [-0.15, -0.1) is 0 Å². The summed E-state index contributed by atoms with van der Waals surface area (Å²) in [7, 11) is 1.53. The molecule has 0 aliphatic carbocycles. The molecule has 0 spiro atoms. The lowest BCUT2D eigenvalue weighted by atomic mass is 10.1. The number of hydrogen-bond donors (Lipinski definition) is 1. The number of benzene rings is 2. The standard InChI is InChI=1S/C19H15BrClNO4/c1-10-13(9-16(23)24)17-14(7-8-15(26-2)18(17)20)22(10)19(25)11-3-5-12(21)6-4-11/h3-8H,9H2,1-2H3,(H,23,24). The summed E-state index contributed by atoms with van der Waals surface area (Å²) in [5.74, 6) is -0.654. The number of carbonyl (C=O) groups is 2. The average Bonchev–Trinajstić information content (AvgIpc) is 2.87. The van der Waals surface area contributed by atoms with E-state index < -0.39 is 5.97 Å². The molecule has 0 unspecified atom stereocenters. The minimum atomic E-state index is -0.971. The molecule has 0 aliphatic heterocycles. The van der Waals surface area contributed by atoms with Crippen LogP contribution in [0, 0.1) is 6.92 Å². The maximum Gasteiger partial charge on any atom is 0.307 e. The number of aliphatic carboxylic acids is 1. The average molecular weight is 437 g/mol. The van der Waals surface area contributed by atoms with E-state index in [9.17, 15) is 14.7 Å². The van der Waals surface area contributed by atoms with Crippen LogP contribution in [0.2, 0.25) is 5.02 Å². The Balaban J connectivity index is 2.30. The van der Waals surface area contributed by atoms with Gasteiger partial charge in [0.25, 0.3) is 5.91 Å². The van der Waals surface area contributed by atoms with Crippen LogP contribution in [0.4, 0.5) is 0 Å². The molecule has 2 aromatic carbocycles. The summed E-state index contributed by atoms with van der Waals surface area (Å²) < 4.78 is 7.47. The lowest BCUT2D eigenvalue weighted by molar-refractivity contribution is -0.136. The number of carboxylic acids is 1. The van der Waals surface area contributed by atoms with Gasteiger partial charge in [0.1, 0.15) is 5.75 Å². The lowest BCUT2D eigenvalue weighted by Crippen LogP contribution is -2.14. The molecule has 0 saturated heterocycles. The molecule has 5 nitrogen and oxygen atoms in total. The Morgan fingerprint density at radius 1 is 1.19 bits per heavy atom. The summed E-state index contributed by atoms with van der Waals surface area (Å²) in [6.07, 6.45) is -0.199. The first kappa shape index (κ1) is 18.5. The number of fused-ring (bicyclic) bond motifs is 1. The molecular formula is C19H15BrClNO4. The van der Waals surface area contributed by atoms with Gasteiger partial charge in [0.2, 0.25) is 0 Å². The van der Waals surface area contributed by atoms with Crippen LogP contribution in [0.1, 0.15) is 21.6 Å². The van der Waals surface area contributed by atoms with Gasteiger partial charge in [-0.25, -0.2) is 0 Å². The summed E-state index contributed by atoms with van der Waals surface area (Å²) in [6.45, 7) is 1.74. The van der Waals surface area contributed by atoms with Crippen molar-refractivity contribution >= 4 is 50.3 Å². The van der Waals surface area contributed by atoms with Gasteiger partial charge >= 0.3 is 5.97 Å². The summed E-state index contributed by atoms with van der Waals surface area (Å²) in [5.41, 5.74) is 2.23. The third-order valence-electron chi connectivity index (χ3n) is 4.24. The third kappa shape index (κ3) is 3.10. The molecule has 0 atom stereocenters. The largest absolute Gasteiger partial charge is 0.496 e. The van der Waals surface area contributed by atoms with Crippen LogP contribution in [0.5, 0.6) is 5.75 Å². The molecule has 26 heavy (non-hydrogen) atoms. The molecule has 134 valence electrons. The summed E-state index contributed by atoms with van der Waals surface area (Å²) in [5, 5.41) is 10.5. The Kier molecular flexibility index (Phi) is 5.07. The number of hydrogen-bond acceptors (Lipinski definition) is 3. The zero-order valence-electron chi connectivity index (χ0n) is 14.0. The second-order valence-electron chi connectivity index (χ2n) is 5.76. The summed E-state index contributed by atoms with van der Waals surface area (Å²) in [4.78, 5) is 24.4. The maximum absolute atomic E-state index is 13.1. The van der Waals surface area contributed by atoms with Crippen LogP contribution in [-0.4, -0.2) is 28.7 Å². The van der Waals surface area contributed by atoms with E-state index in [1.165, 1.54) is 11.7 Å². The van der Waals surface area contributed by atoms with E-state index >= 15 is 0 Å². The molecule has 3 rings (SSSR count). The van der Waals surface area contributed by atoms with Crippen molar-refractivity contribution in [3.8, 4) is 5.75 Å². The van der Waals surface area contributed by atoms with Crippen molar-refractivity contribution in [1.82, 2.24) is 4.57 Å². The van der Waals surface area contributed by atoms with E-state index in [2.05, 4.69) is 15.9 Å². The molecule has 1 N–H and O–H groups in total. The second kappa shape index (κ2) is 7.13. The van der Waals surface area contributed by atoms with Crippen LogP contribution < -0.4 is 4.74 Å². The first-order chi connectivity index (χ1) is 12.3. The number of rotatable bonds is 4. The highest BCUT2D eigenvalue weighted by molar-refractivity contribution is 9.10. The highest BCUT2D eigenvalue weighted by Crippen LogP contribution is 2.38. The van der Waals surface area contributed by atoms with Crippen LogP contribution in [-0.2, 0) is 11.2 Å². The number of methoxy groups -OCH3 is 1. The van der Waals surface area contributed by atoms with E-state index in [-0.39, 0.29) is 12.3 Å². The number of carboxylic acid groups (broad SMARTS) is 1. The molecule has 3 aromatic rings. The van der Waals surface area contributed by atoms with Gasteiger partial charge < -0.3 is 9.84 Å². The first-order valence-corrected chi connectivity index (χ1v) is 8.90. The zero-order valence-corrected chi connectivity index (χ0v) is 16.4. The normalized spacial score (nSPS) is 10.9. The highest BCUT2D eigenvalue weighted by atomic mass is 79.9. The van der Waals surface area contributed by atoms with Crippen LogP contribution >= 0.6 is 27.5 Å². The Morgan fingerprint density at radius 2 is 1.85 bits per heavy atom. The van der Waals surface area contributed by atoms with Gasteiger partial charge in [-0.05, 0) is 64.8 Å². The Morgan fingerprint density at radius 3 is 2.42 bits per heavy atom.